The first kappa shape index (κ1) is 50.9. The van der Waals surface area contributed by atoms with Crippen molar-refractivity contribution in [2.24, 2.45) is 4.99 Å². The fraction of sp³-hybridized carbons (Fsp3) is 0.232. The molecule has 0 amide bonds. The number of aliphatic imine (C=N–C) groups is 1. The Labute approximate surface area is 430 Å². The molecule has 2 aliphatic heterocycles. The third-order valence-electron chi connectivity index (χ3n) is 12.9. The average Bonchev–Trinajstić information content (AvgIpc) is 3.56. The van der Waals surface area contributed by atoms with Crippen molar-refractivity contribution in [3.8, 4) is 40.0 Å². The molecule has 18 heteroatoms. The van der Waals surface area contributed by atoms with Crippen LogP contribution in [0.5, 0.6) is 28.7 Å². The second-order valence-electron chi connectivity index (χ2n) is 17.6. The Balaban J connectivity index is 1.14. The van der Waals surface area contributed by atoms with Crippen LogP contribution in [0, 0.1) is 18.6 Å². The van der Waals surface area contributed by atoms with Gasteiger partial charge in [-0.15, -0.1) is 0 Å². The maximum absolute atomic E-state index is 17.7. The molecule has 0 aliphatic carbocycles. The van der Waals surface area contributed by atoms with Gasteiger partial charge in [0.2, 0.25) is 5.22 Å². The van der Waals surface area contributed by atoms with Crippen molar-refractivity contribution in [3.05, 3.63) is 189 Å². The van der Waals surface area contributed by atoms with Crippen molar-refractivity contribution < 1.29 is 45.6 Å². The largest absolute Gasteiger partial charge is 0.497 e. The fourth-order valence-electron chi connectivity index (χ4n) is 9.16. The zero-order valence-corrected chi connectivity index (χ0v) is 42.0. The van der Waals surface area contributed by atoms with Gasteiger partial charge in [0.05, 0.1) is 68.8 Å². The van der Waals surface area contributed by atoms with Gasteiger partial charge >= 0.3 is 6.18 Å². The van der Waals surface area contributed by atoms with Gasteiger partial charge in [0.15, 0.2) is 17.4 Å². The second kappa shape index (κ2) is 21.6. The van der Waals surface area contributed by atoms with Crippen molar-refractivity contribution >= 4 is 34.8 Å². The van der Waals surface area contributed by atoms with Crippen LogP contribution in [0.25, 0.3) is 11.3 Å². The number of pyridine rings is 2. The number of hydrogen-bond donors (Lipinski definition) is 1. The lowest BCUT2D eigenvalue weighted by Gasteiger charge is -2.34. The molecule has 382 valence electrons. The molecule has 0 saturated heterocycles. The molecular weight excluding hydrogens is 981 g/mol. The molecule has 0 saturated carbocycles. The lowest BCUT2D eigenvalue weighted by molar-refractivity contribution is -0.137. The summed E-state index contributed by atoms with van der Waals surface area (Å²) in [5, 5.41) is 2.49. The average molecular weight is 1030 g/mol. The van der Waals surface area contributed by atoms with E-state index in [9.17, 15) is 0 Å². The Morgan fingerprint density at radius 2 is 1.19 bits per heavy atom. The molecule has 12 nitrogen and oxygen atoms in total. The first-order chi connectivity index (χ1) is 35.7. The first-order valence-electron chi connectivity index (χ1n) is 23.4. The number of amidine groups is 1. The molecule has 7 aromatic rings. The van der Waals surface area contributed by atoms with Gasteiger partial charge in [0, 0.05) is 37.9 Å². The van der Waals surface area contributed by atoms with Crippen LogP contribution in [-0.4, -0.2) is 55.8 Å². The number of anilines is 3. The lowest BCUT2D eigenvalue weighted by Crippen LogP contribution is -2.34. The number of methoxy groups -OCH3 is 4. The number of nitrogens with zero attached hydrogens (tertiary/aromatic N) is 6. The minimum absolute atomic E-state index is 0.0221. The van der Waals surface area contributed by atoms with E-state index >= 15 is 22.0 Å². The Kier molecular flexibility index (Phi) is 14.8. The number of benzene rings is 5. The summed E-state index contributed by atoms with van der Waals surface area (Å²) in [5.41, 5.74) is -0.0924. The van der Waals surface area contributed by atoms with Crippen molar-refractivity contribution in [1.82, 2.24) is 14.9 Å². The van der Waals surface area contributed by atoms with Crippen LogP contribution in [0.1, 0.15) is 57.5 Å². The number of halogens is 6. The SMILES string of the molecule is COc1ccc(CN(Cc2ccc(OC)cc2)c2cc(C)c(C(F)(F)F)c(-c3c(F)c4c5c(c3F)OC(Cl)=CN(C(C)c3cccnc3N(Cc3ccc(OC)cc3)Cc3ccc(OC)cc3)C5=NCN4)n2)cc1. The quantitative estimate of drug-likeness (QED) is 0.0882. The molecule has 2 aliphatic rings. The van der Waals surface area contributed by atoms with E-state index in [1.54, 1.807) is 60.5 Å². The summed E-state index contributed by atoms with van der Waals surface area (Å²) in [6.07, 6.45) is -2.04. The van der Waals surface area contributed by atoms with E-state index in [0.29, 0.717) is 47.5 Å². The highest BCUT2D eigenvalue weighted by Gasteiger charge is 2.43. The molecule has 1 atom stereocenters. The van der Waals surface area contributed by atoms with Crippen LogP contribution in [0.4, 0.5) is 39.3 Å². The van der Waals surface area contributed by atoms with E-state index < -0.39 is 46.4 Å². The van der Waals surface area contributed by atoms with Crippen LogP contribution in [0.2, 0.25) is 0 Å². The zero-order chi connectivity index (χ0) is 52.3. The van der Waals surface area contributed by atoms with Crippen LogP contribution >= 0.6 is 11.6 Å². The van der Waals surface area contributed by atoms with E-state index in [4.69, 9.17) is 45.3 Å². The Hall–Kier alpha value is -8.05. The minimum Gasteiger partial charge on any atom is -0.497 e. The van der Waals surface area contributed by atoms with Gasteiger partial charge in [-0.25, -0.2) is 23.7 Å². The Morgan fingerprint density at radius 3 is 1.66 bits per heavy atom. The van der Waals surface area contributed by atoms with Gasteiger partial charge in [0.25, 0.3) is 0 Å². The monoisotopic (exact) mass is 1030 g/mol. The summed E-state index contributed by atoms with van der Waals surface area (Å²) in [6.45, 7) is 3.97. The molecule has 9 rings (SSSR count). The fourth-order valence-corrected chi connectivity index (χ4v) is 9.34. The van der Waals surface area contributed by atoms with E-state index in [0.717, 1.165) is 22.3 Å². The lowest BCUT2D eigenvalue weighted by atomic mass is 9.95. The summed E-state index contributed by atoms with van der Waals surface area (Å²) >= 11 is 6.83. The van der Waals surface area contributed by atoms with Crippen molar-refractivity contribution in [1.29, 1.82) is 0 Å². The van der Waals surface area contributed by atoms with E-state index in [-0.39, 0.29) is 53.4 Å². The number of ether oxygens (including phenoxy) is 5. The zero-order valence-electron chi connectivity index (χ0n) is 41.2. The molecule has 2 aromatic heterocycles. The molecule has 0 bridgehead atoms. The van der Waals surface area contributed by atoms with Crippen molar-refractivity contribution in [3.63, 3.8) is 0 Å². The molecular formula is C56H51ClF5N7O5. The number of hydrogen-bond acceptors (Lipinski definition) is 12. The predicted octanol–water partition coefficient (Wildman–Crippen LogP) is 12.8. The van der Waals surface area contributed by atoms with Crippen molar-refractivity contribution in [2.45, 2.75) is 52.2 Å². The predicted molar refractivity (Wildman–Crippen MR) is 275 cm³/mol. The molecule has 1 unspecified atom stereocenters. The third kappa shape index (κ3) is 10.6. The van der Waals surface area contributed by atoms with Gasteiger partial charge in [0.1, 0.15) is 47.1 Å². The number of rotatable bonds is 17. The Morgan fingerprint density at radius 1 is 0.703 bits per heavy atom. The normalized spacial score (nSPS) is 13.3. The summed E-state index contributed by atoms with van der Waals surface area (Å²) in [7, 11) is 6.27. The van der Waals surface area contributed by atoms with E-state index in [1.165, 1.54) is 33.4 Å². The van der Waals surface area contributed by atoms with Crippen LogP contribution in [-0.2, 0) is 32.4 Å². The van der Waals surface area contributed by atoms with Crippen LogP contribution in [0.15, 0.2) is 138 Å². The number of aromatic nitrogens is 2. The number of aryl methyl sites for hydroxylation is 1. The molecule has 4 heterocycles. The second-order valence-corrected chi connectivity index (χ2v) is 17.9. The van der Waals surface area contributed by atoms with E-state index in [1.807, 2.05) is 85.8 Å². The first-order valence-corrected chi connectivity index (χ1v) is 23.8. The summed E-state index contributed by atoms with van der Waals surface area (Å²) in [4.78, 5) is 19.6. The standard InChI is InChI=1S/C56H51ClF5N7O5/c1-33-26-45(67(27-35-9-17-39(70-3)18-10-35)28-36-11-19-40(71-4)20-12-36)66-51(48(33)56(60,61)62)46-49(58)52-47-53(50(46)59)74-44(57)31-69(55(47)65-32-64-52)34(2)43-8-7-25-63-54(43)68(29-37-13-21-41(72-5)22-14-37)30-38-15-23-42(73-6)24-16-38/h7-26,31,34,64H,27-30,32H2,1-6H3. The van der Waals surface area contributed by atoms with Gasteiger partial charge in [-0.1, -0.05) is 54.6 Å². The summed E-state index contributed by atoms with van der Waals surface area (Å²) in [5.74, 6) is -0.178. The van der Waals surface area contributed by atoms with Gasteiger partial charge in [-0.2, -0.15) is 13.2 Å². The minimum atomic E-state index is -5.11. The highest BCUT2D eigenvalue weighted by atomic mass is 35.5. The topological polar surface area (TPSA) is 106 Å². The molecule has 0 fully saturated rings. The van der Waals surface area contributed by atoms with Gasteiger partial charge < -0.3 is 43.7 Å². The smallest absolute Gasteiger partial charge is 0.418 e. The summed E-state index contributed by atoms with van der Waals surface area (Å²) < 4.78 is 109. The number of alkyl halides is 3. The Bertz CT molecular complexity index is 3110. The van der Waals surface area contributed by atoms with E-state index in [2.05, 4.69) is 15.2 Å². The maximum atomic E-state index is 17.7. The third-order valence-corrected chi connectivity index (χ3v) is 13.1. The molecule has 0 radical (unpaired) electrons. The van der Waals surface area contributed by atoms with Crippen LogP contribution in [0.3, 0.4) is 0 Å². The molecule has 1 N–H and O–H groups in total. The summed E-state index contributed by atoms with van der Waals surface area (Å²) in [6, 6.07) is 33.9. The highest BCUT2D eigenvalue weighted by Crippen LogP contribution is 2.49. The molecule has 0 spiro atoms. The van der Waals surface area contributed by atoms with Crippen LogP contribution < -0.4 is 38.8 Å². The molecule has 74 heavy (non-hydrogen) atoms. The maximum Gasteiger partial charge on any atom is 0.418 e. The van der Waals surface area contributed by atoms with Gasteiger partial charge in [-0.05, 0) is 114 Å². The van der Waals surface area contributed by atoms with Gasteiger partial charge in [-0.3, -0.25) is 0 Å². The molecule has 5 aromatic carbocycles. The number of nitrogens with one attached hydrogen (secondary N) is 1. The van der Waals surface area contributed by atoms with Crippen molar-refractivity contribution in [2.75, 3.05) is 50.2 Å². The highest BCUT2D eigenvalue weighted by molar-refractivity contribution is 6.29.